The summed E-state index contributed by atoms with van der Waals surface area (Å²) in [4.78, 5) is 23.3. The topological polar surface area (TPSA) is 84.9 Å². The standard InChI is InChI=1S/C17H21Cl2NO5/c1-24-6-7-25-15-13(18)8-12(9-14(15)19)20-16(21)10-2-4-11(5-3-10)17(22)23/h8-11H,2-7H2,1H3,(H,20,21)(H,22,23). The summed E-state index contributed by atoms with van der Waals surface area (Å²) >= 11 is 12.3. The van der Waals surface area contributed by atoms with Crippen LogP contribution in [0.2, 0.25) is 10.0 Å². The van der Waals surface area contributed by atoms with Crippen LogP contribution in [0.25, 0.3) is 0 Å². The normalized spacial score (nSPS) is 20.1. The first-order valence-corrected chi connectivity index (χ1v) is 8.82. The molecule has 0 aromatic heterocycles. The molecule has 0 radical (unpaired) electrons. The number of carboxylic acid groups (broad SMARTS) is 1. The van der Waals surface area contributed by atoms with E-state index in [-0.39, 0.29) is 17.7 Å². The maximum absolute atomic E-state index is 12.4. The predicted molar refractivity (Wildman–Crippen MR) is 95.5 cm³/mol. The number of aliphatic carboxylic acids is 1. The van der Waals surface area contributed by atoms with Crippen LogP contribution < -0.4 is 10.1 Å². The van der Waals surface area contributed by atoms with Crippen molar-refractivity contribution in [2.45, 2.75) is 25.7 Å². The molecule has 0 atom stereocenters. The van der Waals surface area contributed by atoms with Gasteiger partial charge in [-0.2, -0.15) is 0 Å². The molecule has 1 aliphatic carbocycles. The van der Waals surface area contributed by atoms with E-state index >= 15 is 0 Å². The summed E-state index contributed by atoms with van der Waals surface area (Å²) in [5.41, 5.74) is 0.486. The van der Waals surface area contributed by atoms with E-state index in [4.69, 9.17) is 37.8 Å². The summed E-state index contributed by atoms with van der Waals surface area (Å²) in [6.07, 6.45) is 2.15. The average molecular weight is 390 g/mol. The highest BCUT2D eigenvalue weighted by Crippen LogP contribution is 2.36. The Labute approximate surface area is 156 Å². The summed E-state index contributed by atoms with van der Waals surface area (Å²) < 4.78 is 10.4. The SMILES string of the molecule is COCCOc1c(Cl)cc(NC(=O)C2CCC(C(=O)O)CC2)cc1Cl. The number of methoxy groups -OCH3 is 1. The van der Waals surface area contributed by atoms with Gasteiger partial charge < -0.3 is 19.9 Å². The van der Waals surface area contributed by atoms with Gasteiger partial charge in [0.25, 0.3) is 0 Å². The number of ether oxygens (including phenoxy) is 2. The molecule has 1 aromatic carbocycles. The third kappa shape index (κ3) is 5.49. The fourth-order valence-corrected chi connectivity index (χ4v) is 3.44. The second-order valence-electron chi connectivity index (χ2n) is 5.99. The molecule has 2 rings (SSSR count). The van der Waals surface area contributed by atoms with Crippen molar-refractivity contribution in [2.24, 2.45) is 11.8 Å². The van der Waals surface area contributed by atoms with Crippen molar-refractivity contribution in [1.29, 1.82) is 0 Å². The van der Waals surface area contributed by atoms with Crippen molar-refractivity contribution in [3.8, 4) is 5.75 Å². The Bertz CT molecular complexity index is 606. The second-order valence-corrected chi connectivity index (χ2v) is 6.80. The van der Waals surface area contributed by atoms with Crippen molar-refractivity contribution >= 4 is 40.8 Å². The molecule has 0 saturated heterocycles. The number of anilines is 1. The zero-order valence-corrected chi connectivity index (χ0v) is 15.4. The maximum Gasteiger partial charge on any atom is 0.306 e. The lowest BCUT2D eigenvalue weighted by Crippen LogP contribution is -2.29. The lowest BCUT2D eigenvalue weighted by atomic mass is 9.81. The van der Waals surface area contributed by atoms with Crippen LogP contribution in [0.1, 0.15) is 25.7 Å². The molecule has 1 aromatic rings. The van der Waals surface area contributed by atoms with Gasteiger partial charge in [-0.1, -0.05) is 23.2 Å². The number of hydrogen-bond donors (Lipinski definition) is 2. The van der Waals surface area contributed by atoms with Crippen LogP contribution in [0.4, 0.5) is 5.69 Å². The summed E-state index contributed by atoms with van der Waals surface area (Å²) in [6.45, 7) is 0.721. The molecular formula is C17H21Cl2NO5. The highest BCUT2D eigenvalue weighted by atomic mass is 35.5. The van der Waals surface area contributed by atoms with Gasteiger partial charge in [0, 0.05) is 18.7 Å². The Kier molecular flexibility index (Phi) is 7.35. The van der Waals surface area contributed by atoms with E-state index in [9.17, 15) is 9.59 Å². The quantitative estimate of drug-likeness (QED) is 0.691. The van der Waals surface area contributed by atoms with Crippen molar-refractivity contribution in [1.82, 2.24) is 0 Å². The van der Waals surface area contributed by atoms with Crippen molar-refractivity contribution in [3.63, 3.8) is 0 Å². The number of rotatable bonds is 7. The third-order valence-corrected chi connectivity index (χ3v) is 4.81. The summed E-state index contributed by atoms with van der Waals surface area (Å²) in [5, 5.41) is 12.4. The van der Waals surface area contributed by atoms with Crippen molar-refractivity contribution in [2.75, 3.05) is 25.6 Å². The molecule has 0 bridgehead atoms. The molecule has 138 valence electrons. The van der Waals surface area contributed by atoms with E-state index in [0.29, 0.717) is 60.4 Å². The Hall–Kier alpha value is -1.50. The molecule has 1 saturated carbocycles. The molecule has 2 N–H and O–H groups in total. The average Bonchev–Trinajstić information content (AvgIpc) is 2.57. The minimum atomic E-state index is -0.790. The van der Waals surface area contributed by atoms with Gasteiger partial charge in [-0.25, -0.2) is 0 Å². The Morgan fingerprint density at radius 1 is 1.12 bits per heavy atom. The maximum atomic E-state index is 12.4. The van der Waals surface area contributed by atoms with E-state index in [2.05, 4.69) is 5.32 Å². The smallest absolute Gasteiger partial charge is 0.306 e. The fraction of sp³-hybridized carbons (Fsp3) is 0.529. The lowest BCUT2D eigenvalue weighted by Gasteiger charge is -2.25. The first-order chi connectivity index (χ1) is 11.9. The van der Waals surface area contributed by atoms with Gasteiger partial charge in [-0.15, -0.1) is 0 Å². The van der Waals surface area contributed by atoms with Gasteiger partial charge in [-0.3, -0.25) is 9.59 Å². The van der Waals surface area contributed by atoms with Crippen LogP contribution in [-0.4, -0.2) is 37.3 Å². The van der Waals surface area contributed by atoms with Crippen molar-refractivity contribution in [3.05, 3.63) is 22.2 Å². The van der Waals surface area contributed by atoms with Gasteiger partial charge in [0.2, 0.25) is 5.91 Å². The Morgan fingerprint density at radius 3 is 2.20 bits per heavy atom. The highest BCUT2D eigenvalue weighted by Gasteiger charge is 2.29. The second kappa shape index (κ2) is 9.27. The number of carbonyl (C=O) groups is 2. The number of benzene rings is 1. The van der Waals surface area contributed by atoms with Crippen LogP contribution in [0, 0.1) is 11.8 Å². The molecule has 6 nitrogen and oxygen atoms in total. The van der Waals surface area contributed by atoms with Crippen LogP contribution in [0.15, 0.2) is 12.1 Å². The van der Waals surface area contributed by atoms with Gasteiger partial charge in [0.15, 0.2) is 5.75 Å². The molecule has 25 heavy (non-hydrogen) atoms. The minimum Gasteiger partial charge on any atom is -0.488 e. The molecular weight excluding hydrogens is 369 g/mol. The molecule has 8 heteroatoms. The fourth-order valence-electron chi connectivity index (χ4n) is 2.84. The van der Waals surface area contributed by atoms with Gasteiger partial charge in [0.05, 0.1) is 22.6 Å². The number of carbonyl (C=O) groups excluding carboxylic acids is 1. The molecule has 1 aliphatic rings. The van der Waals surface area contributed by atoms with E-state index in [1.807, 2.05) is 0 Å². The number of halogens is 2. The Balaban J connectivity index is 1.96. The number of amides is 1. The van der Waals surface area contributed by atoms with Crippen LogP contribution in [0.5, 0.6) is 5.75 Å². The zero-order valence-electron chi connectivity index (χ0n) is 13.9. The summed E-state index contributed by atoms with van der Waals surface area (Å²) in [7, 11) is 1.56. The van der Waals surface area contributed by atoms with Crippen LogP contribution in [0.3, 0.4) is 0 Å². The minimum absolute atomic E-state index is 0.149. The summed E-state index contributed by atoms with van der Waals surface area (Å²) in [5.74, 6) is -1.15. The Morgan fingerprint density at radius 2 is 1.68 bits per heavy atom. The molecule has 0 aliphatic heterocycles. The first-order valence-electron chi connectivity index (χ1n) is 8.06. The summed E-state index contributed by atoms with van der Waals surface area (Å²) in [6, 6.07) is 3.16. The number of nitrogens with one attached hydrogen (secondary N) is 1. The molecule has 0 unspecified atom stereocenters. The van der Waals surface area contributed by atoms with Crippen molar-refractivity contribution < 1.29 is 24.2 Å². The lowest BCUT2D eigenvalue weighted by molar-refractivity contribution is -0.143. The molecule has 0 spiro atoms. The third-order valence-electron chi connectivity index (χ3n) is 4.25. The molecule has 1 fully saturated rings. The van der Waals surface area contributed by atoms with Gasteiger partial charge in [0.1, 0.15) is 6.61 Å². The largest absolute Gasteiger partial charge is 0.488 e. The molecule has 1 amide bonds. The zero-order chi connectivity index (χ0) is 18.4. The van der Waals surface area contributed by atoms with Gasteiger partial charge in [-0.05, 0) is 37.8 Å². The van der Waals surface area contributed by atoms with E-state index in [0.717, 1.165) is 0 Å². The van der Waals surface area contributed by atoms with Crippen LogP contribution in [-0.2, 0) is 14.3 Å². The van der Waals surface area contributed by atoms with Crippen LogP contribution >= 0.6 is 23.2 Å². The predicted octanol–water partition coefficient (Wildman–Crippen LogP) is 3.85. The highest BCUT2D eigenvalue weighted by molar-refractivity contribution is 6.37. The number of carboxylic acids is 1. The van der Waals surface area contributed by atoms with E-state index in [1.165, 1.54) is 0 Å². The first kappa shape index (κ1) is 19.8. The molecule has 0 heterocycles. The monoisotopic (exact) mass is 389 g/mol. The number of hydrogen-bond acceptors (Lipinski definition) is 4. The van der Waals surface area contributed by atoms with E-state index < -0.39 is 5.97 Å². The van der Waals surface area contributed by atoms with Gasteiger partial charge >= 0.3 is 5.97 Å². The van der Waals surface area contributed by atoms with E-state index in [1.54, 1.807) is 19.2 Å².